The predicted octanol–water partition coefficient (Wildman–Crippen LogP) is 2.93. The first kappa shape index (κ1) is 16.3. The molecule has 112 valence electrons. The van der Waals surface area contributed by atoms with Gasteiger partial charge in [0.1, 0.15) is 18.1 Å². The molecule has 1 amide bonds. The van der Waals surface area contributed by atoms with Crippen LogP contribution in [0, 0.1) is 0 Å². The summed E-state index contributed by atoms with van der Waals surface area (Å²) in [7, 11) is 0. The van der Waals surface area contributed by atoms with E-state index in [0.717, 1.165) is 11.3 Å². The first-order valence-corrected chi connectivity index (χ1v) is 6.44. The molecule has 1 aromatic rings. The molecule has 4 nitrogen and oxygen atoms in total. The fourth-order valence-electron chi connectivity index (χ4n) is 1.61. The number of nitrogens with zero attached hydrogens (tertiary/aromatic N) is 2. The van der Waals surface area contributed by atoms with Crippen molar-refractivity contribution in [2.75, 3.05) is 25.0 Å². The Hall–Kier alpha value is -1.79. The summed E-state index contributed by atoms with van der Waals surface area (Å²) in [6.07, 6.45) is -3.53. The molecule has 0 spiro atoms. The average Bonchev–Trinajstić information content (AvgIpc) is 2.41. The highest BCUT2D eigenvalue weighted by Crippen LogP contribution is 2.18. The van der Waals surface area contributed by atoms with Crippen molar-refractivity contribution in [2.45, 2.75) is 26.4 Å². The number of nitrogens with one attached hydrogen (secondary N) is 1. The smallest absolute Gasteiger partial charge is 0.370 e. The number of amides is 1. The van der Waals surface area contributed by atoms with Crippen LogP contribution in [-0.2, 0) is 0 Å². The summed E-state index contributed by atoms with van der Waals surface area (Å²) in [5, 5.41) is 2.99. The van der Waals surface area contributed by atoms with Gasteiger partial charge in [-0.1, -0.05) is 13.0 Å². The quantitative estimate of drug-likeness (QED) is 0.875. The fourth-order valence-corrected chi connectivity index (χ4v) is 1.61. The maximum Gasteiger partial charge on any atom is 0.406 e. The fraction of sp³-hybridized carbons (Fsp3) is 0.538. The van der Waals surface area contributed by atoms with Gasteiger partial charge < -0.3 is 10.2 Å². The monoisotopic (exact) mass is 289 g/mol. The van der Waals surface area contributed by atoms with Crippen LogP contribution in [0.15, 0.2) is 18.2 Å². The van der Waals surface area contributed by atoms with Crippen molar-refractivity contribution in [3.05, 3.63) is 23.9 Å². The van der Waals surface area contributed by atoms with E-state index in [9.17, 15) is 18.0 Å². The van der Waals surface area contributed by atoms with E-state index in [0.29, 0.717) is 12.4 Å². The molecule has 0 aliphatic rings. The van der Waals surface area contributed by atoms with E-state index in [1.165, 1.54) is 13.0 Å². The van der Waals surface area contributed by atoms with Gasteiger partial charge in [-0.3, -0.25) is 4.79 Å². The predicted molar refractivity (Wildman–Crippen MR) is 70.7 cm³/mol. The van der Waals surface area contributed by atoms with Gasteiger partial charge in [-0.05, 0) is 25.5 Å². The summed E-state index contributed by atoms with van der Waals surface area (Å²) in [6, 6.07) is 4.69. The van der Waals surface area contributed by atoms with E-state index in [1.54, 1.807) is 12.1 Å². The van der Waals surface area contributed by atoms with Gasteiger partial charge in [-0.25, -0.2) is 4.98 Å². The van der Waals surface area contributed by atoms with E-state index in [2.05, 4.69) is 10.3 Å². The molecular weight excluding hydrogens is 271 g/mol. The van der Waals surface area contributed by atoms with Crippen molar-refractivity contribution in [3.63, 3.8) is 0 Å². The minimum absolute atomic E-state index is 0.0113. The second-order valence-electron chi connectivity index (χ2n) is 4.27. The third-order valence-corrected chi connectivity index (χ3v) is 2.56. The van der Waals surface area contributed by atoms with Crippen LogP contribution in [0.3, 0.4) is 0 Å². The maximum atomic E-state index is 12.4. The Morgan fingerprint density at radius 3 is 2.60 bits per heavy atom. The molecule has 7 heteroatoms. The number of pyridine rings is 1. The van der Waals surface area contributed by atoms with Crippen LogP contribution in [0.5, 0.6) is 0 Å². The van der Waals surface area contributed by atoms with Gasteiger partial charge in [0.05, 0.1) is 0 Å². The van der Waals surface area contributed by atoms with E-state index in [1.807, 2.05) is 6.92 Å². The van der Waals surface area contributed by atoms with Gasteiger partial charge in [0.2, 0.25) is 0 Å². The summed E-state index contributed by atoms with van der Waals surface area (Å²) >= 11 is 0. The normalized spacial score (nSPS) is 11.2. The Bertz CT molecular complexity index is 449. The standard InChI is InChI=1S/C13H18F3N3O/c1-3-8-17-11-7-5-6-10(18-11)12(20)19(4-2)9-13(14,15)16/h5-7H,3-4,8-9H2,1-2H3,(H,17,18). The topological polar surface area (TPSA) is 45.2 Å². The molecule has 1 heterocycles. The lowest BCUT2D eigenvalue weighted by molar-refractivity contribution is -0.140. The van der Waals surface area contributed by atoms with Crippen molar-refractivity contribution in [1.82, 2.24) is 9.88 Å². The van der Waals surface area contributed by atoms with Crippen molar-refractivity contribution in [2.24, 2.45) is 0 Å². The number of aromatic nitrogens is 1. The van der Waals surface area contributed by atoms with Gasteiger partial charge in [-0.15, -0.1) is 0 Å². The van der Waals surface area contributed by atoms with Gasteiger partial charge in [0.15, 0.2) is 0 Å². The Balaban J connectivity index is 2.84. The Morgan fingerprint density at radius 2 is 2.05 bits per heavy atom. The summed E-state index contributed by atoms with van der Waals surface area (Å²) in [5.41, 5.74) is 0.0113. The Labute approximate surface area is 116 Å². The molecule has 0 aromatic carbocycles. The van der Waals surface area contributed by atoms with E-state index in [4.69, 9.17) is 0 Å². The van der Waals surface area contributed by atoms with Crippen LogP contribution < -0.4 is 5.32 Å². The van der Waals surface area contributed by atoms with Crippen LogP contribution in [-0.4, -0.2) is 41.6 Å². The first-order chi connectivity index (χ1) is 9.37. The van der Waals surface area contributed by atoms with Crippen molar-refractivity contribution >= 4 is 11.7 Å². The zero-order chi connectivity index (χ0) is 15.2. The molecule has 0 radical (unpaired) electrons. The molecule has 0 unspecified atom stereocenters. The molecule has 0 saturated carbocycles. The molecule has 20 heavy (non-hydrogen) atoms. The van der Waals surface area contributed by atoms with E-state index >= 15 is 0 Å². The number of carbonyl (C=O) groups excluding carboxylic acids is 1. The molecule has 0 aliphatic heterocycles. The van der Waals surface area contributed by atoms with Crippen molar-refractivity contribution in [1.29, 1.82) is 0 Å². The molecule has 0 atom stereocenters. The number of hydrogen-bond acceptors (Lipinski definition) is 3. The highest BCUT2D eigenvalue weighted by atomic mass is 19.4. The molecular formula is C13H18F3N3O. The van der Waals surface area contributed by atoms with Crippen molar-refractivity contribution in [3.8, 4) is 0 Å². The number of alkyl halides is 3. The lowest BCUT2D eigenvalue weighted by Gasteiger charge is -2.22. The van der Waals surface area contributed by atoms with Gasteiger partial charge >= 0.3 is 6.18 Å². The second kappa shape index (κ2) is 7.12. The largest absolute Gasteiger partial charge is 0.406 e. The molecule has 0 saturated heterocycles. The summed E-state index contributed by atoms with van der Waals surface area (Å²) in [6.45, 7) is 2.88. The third-order valence-electron chi connectivity index (χ3n) is 2.56. The van der Waals surface area contributed by atoms with Gasteiger partial charge in [-0.2, -0.15) is 13.2 Å². The number of hydrogen-bond donors (Lipinski definition) is 1. The average molecular weight is 289 g/mol. The SMILES string of the molecule is CCCNc1cccc(C(=O)N(CC)CC(F)(F)F)n1. The van der Waals surface area contributed by atoms with Crippen LogP contribution in [0.4, 0.5) is 19.0 Å². The van der Waals surface area contributed by atoms with Gasteiger partial charge in [0.25, 0.3) is 5.91 Å². The molecule has 0 aliphatic carbocycles. The highest BCUT2D eigenvalue weighted by Gasteiger charge is 2.33. The lowest BCUT2D eigenvalue weighted by Crippen LogP contribution is -2.39. The lowest BCUT2D eigenvalue weighted by atomic mass is 10.3. The van der Waals surface area contributed by atoms with Gasteiger partial charge in [0, 0.05) is 13.1 Å². The maximum absolute atomic E-state index is 12.4. The second-order valence-corrected chi connectivity index (χ2v) is 4.27. The molecule has 0 bridgehead atoms. The van der Waals surface area contributed by atoms with Crippen LogP contribution in [0.1, 0.15) is 30.8 Å². The number of halogens is 3. The minimum Gasteiger partial charge on any atom is -0.370 e. The molecule has 1 rings (SSSR count). The van der Waals surface area contributed by atoms with Crippen LogP contribution >= 0.6 is 0 Å². The summed E-state index contributed by atoms with van der Waals surface area (Å²) in [4.78, 5) is 16.8. The molecule has 1 aromatic heterocycles. The zero-order valence-corrected chi connectivity index (χ0v) is 11.5. The minimum atomic E-state index is -4.41. The number of anilines is 1. The Kier molecular flexibility index (Phi) is 5.79. The zero-order valence-electron chi connectivity index (χ0n) is 11.5. The van der Waals surface area contributed by atoms with Crippen LogP contribution in [0.25, 0.3) is 0 Å². The third kappa shape index (κ3) is 5.07. The number of rotatable bonds is 6. The molecule has 1 N–H and O–H groups in total. The Morgan fingerprint density at radius 1 is 1.35 bits per heavy atom. The van der Waals surface area contributed by atoms with E-state index < -0.39 is 18.6 Å². The summed E-state index contributed by atoms with van der Waals surface area (Å²) < 4.78 is 37.2. The highest BCUT2D eigenvalue weighted by molar-refractivity contribution is 5.92. The first-order valence-electron chi connectivity index (χ1n) is 6.44. The van der Waals surface area contributed by atoms with E-state index in [-0.39, 0.29) is 12.2 Å². The molecule has 0 fully saturated rings. The summed E-state index contributed by atoms with van der Waals surface area (Å²) in [5.74, 6) is -0.231. The number of carbonyl (C=O) groups is 1. The van der Waals surface area contributed by atoms with Crippen molar-refractivity contribution < 1.29 is 18.0 Å². The van der Waals surface area contributed by atoms with Crippen LogP contribution in [0.2, 0.25) is 0 Å².